The van der Waals surface area contributed by atoms with E-state index < -0.39 is 32.3 Å². The molecule has 0 spiro atoms. The van der Waals surface area contributed by atoms with Crippen LogP contribution in [-0.4, -0.2) is 36.4 Å². The van der Waals surface area contributed by atoms with E-state index in [2.05, 4.69) is 16.0 Å². The van der Waals surface area contributed by atoms with Crippen LogP contribution in [0.15, 0.2) is 95.9 Å². The third kappa shape index (κ3) is 6.50. The molecule has 0 bridgehead atoms. The highest BCUT2D eigenvalue weighted by Gasteiger charge is 2.36. The Bertz CT molecular complexity index is 2290. The number of nitrogens with one attached hydrogen (secondary N) is 3. The van der Waals surface area contributed by atoms with Crippen LogP contribution < -0.4 is 21.7 Å². The summed E-state index contributed by atoms with van der Waals surface area (Å²) in [5.41, 5.74) is 9.73. The standard InChI is InChI=1S/C39H34N4O7S/c1-21-28(19-41-38(46)24-12-6-4-7-13-24)22(2)35(23(3)29(21)20-42-39(47)25-14-8-5-9-15-25)43-30-18-31(51(48,49)50)34(40)33-32(30)36(44)26-16-10-11-17-27(26)37(33)45/h4-18,43H,19-20,40H2,1-3H3,(H,41,46)(H,42,47)(H,48,49,50)/p-1. The lowest BCUT2D eigenvalue weighted by Crippen LogP contribution is -2.27. The molecular weight excluding hydrogens is 669 g/mol. The second kappa shape index (κ2) is 13.7. The van der Waals surface area contributed by atoms with Gasteiger partial charge >= 0.3 is 0 Å². The molecule has 0 aromatic heterocycles. The number of hydrogen-bond acceptors (Lipinski definition) is 9. The fourth-order valence-corrected chi connectivity index (χ4v) is 7.13. The van der Waals surface area contributed by atoms with E-state index in [4.69, 9.17) is 5.73 Å². The predicted octanol–water partition coefficient (Wildman–Crippen LogP) is 5.48. The van der Waals surface area contributed by atoms with Crippen LogP contribution in [0.25, 0.3) is 0 Å². The molecule has 0 aliphatic heterocycles. The van der Waals surface area contributed by atoms with Crippen LogP contribution in [0.1, 0.15) is 80.4 Å². The van der Waals surface area contributed by atoms with Crippen LogP contribution >= 0.6 is 0 Å². The molecule has 6 rings (SSSR count). The first-order valence-corrected chi connectivity index (χ1v) is 17.4. The van der Waals surface area contributed by atoms with Crippen molar-refractivity contribution in [2.75, 3.05) is 11.1 Å². The second-order valence-electron chi connectivity index (χ2n) is 12.2. The molecule has 11 nitrogen and oxygen atoms in total. The Kier molecular flexibility index (Phi) is 9.30. The van der Waals surface area contributed by atoms with Gasteiger partial charge in [0.15, 0.2) is 11.6 Å². The number of hydrogen-bond donors (Lipinski definition) is 4. The van der Waals surface area contributed by atoms with E-state index in [0.29, 0.717) is 39.1 Å². The molecule has 5 aromatic carbocycles. The van der Waals surface area contributed by atoms with Crippen molar-refractivity contribution >= 4 is 50.6 Å². The van der Waals surface area contributed by atoms with Crippen LogP contribution in [0, 0.1) is 20.8 Å². The van der Waals surface area contributed by atoms with Gasteiger partial charge in [0.1, 0.15) is 10.1 Å². The van der Waals surface area contributed by atoms with Crippen LogP contribution in [0.2, 0.25) is 0 Å². The van der Waals surface area contributed by atoms with Crippen molar-refractivity contribution in [3.05, 3.63) is 152 Å². The first kappa shape index (κ1) is 34.7. The molecule has 12 heteroatoms. The van der Waals surface area contributed by atoms with Crippen LogP contribution in [-0.2, 0) is 23.2 Å². The van der Waals surface area contributed by atoms with Crippen molar-refractivity contribution in [1.82, 2.24) is 10.6 Å². The van der Waals surface area contributed by atoms with Gasteiger partial charge in [-0.2, -0.15) is 0 Å². The first-order valence-electron chi connectivity index (χ1n) is 15.9. The number of anilines is 3. The zero-order chi connectivity index (χ0) is 36.6. The van der Waals surface area contributed by atoms with E-state index in [1.54, 1.807) is 86.6 Å². The Morgan fingerprint density at radius 1 is 0.667 bits per heavy atom. The van der Waals surface area contributed by atoms with Gasteiger partial charge in [-0.25, -0.2) is 8.42 Å². The zero-order valence-corrected chi connectivity index (χ0v) is 28.7. The normalized spacial score (nSPS) is 12.2. The minimum absolute atomic E-state index is 0.0312. The zero-order valence-electron chi connectivity index (χ0n) is 27.9. The second-order valence-corrected chi connectivity index (χ2v) is 13.5. The van der Waals surface area contributed by atoms with Crippen LogP contribution in [0.3, 0.4) is 0 Å². The molecular formula is C39H33N4O7S-. The summed E-state index contributed by atoms with van der Waals surface area (Å²) in [5.74, 6) is -1.91. The van der Waals surface area contributed by atoms with Crippen molar-refractivity contribution in [1.29, 1.82) is 0 Å². The average molecular weight is 702 g/mol. The average Bonchev–Trinajstić information content (AvgIpc) is 3.12. The van der Waals surface area contributed by atoms with Gasteiger partial charge in [-0.1, -0.05) is 60.7 Å². The van der Waals surface area contributed by atoms with E-state index >= 15 is 0 Å². The maximum Gasteiger partial charge on any atom is 0.251 e. The molecule has 1 aliphatic carbocycles. The smallest absolute Gasteiger partial charge is 0.251 e. The van der Waals surface area contributed by atoms with Crippen LogP contribution in [0.5, 0.6) is 0 Å². The SMILES string of the molecule is Cc1c(CNC(=O)c2ccccc2)c(C)c(Nc2cc(S(=O)(=O)[O-])c(N)c3c2C(=O)c2ccccc2C3=O)c(C)c1CNC(=O)c1ccccc1. The molecule has 258 valence electrons. The van der Waals surface area contributed by atoms with Crippen molar-refractivity contribution < 1.29 is 32.1 Å². The third-order valence-electron chi connectivity index (χ3n) is 9.21. The molecule has 0 fully saturated rings. The number of fused-ring (bicyclic) bond motifs is 2. The van der Waals surface area contributed by atoms with Crippen molar-refractivity contribution in [2.45, 2.75) is 38.8 Å². The van der Waals surface area contributed by atoms with Crippen molar-refractivity contribution in [2.24, 2.45) is 0 Å². The minimum atomic E-state index is -5.21. The summed E-state index contributed by atoms with van der Waals surface area (Å²) in [5, 5.41) is 9.07. The fourth-order valence-electron chi connectivity index (χ4n) is 6.50. The van der Waals surface area contributed by atoms with Gasteiger partial charge < -0.3 is 26.2 Å². The van der Waals surface area contributed by atoms with Gasteiger partial charge in [-0.05, 0) is 78.9 Å². The van der Waals surface area contributed by atoms with Crippen LogP contribution in [0.4, 0.5) is 17.1 Å². The lowest BCUT2D eigenvalue weighted by atomic mass is 9.82. The summed E-state index contributed by atoms with van der Waals surface area (Å²) >= 11 is 0. The van der Waals surface area contributed by atoms with Gasteiger partial charge in [-0.15, -0.1) is 0 Å². The highest BCUT2D eigenvalue weighted by atomic mass is 32.2. The maximum absolute atomic E-state index is 14.0. The van der Waals surface area contributed by atoms with Gasteiger partial charge in [0, 0.05) is 41.0 Å². The number of rotatable bonds is 9. The third-order valence-corrected chi connectivity index (χ3v) is 10.1. The molecule has 5 aromatic rings. The summed E-state index contributed by atoms with van der Waals surface area (Å²) in [7, 11) is -5.21. The van der Waals surface area contributed by atoms with E-state index in [0.717, 1.165) is 11.6 Å². The van der Waals surface area contributed by atoms with Gasteiger partial charge in [0.05, 0.1) is 27.4 Å². The lowest BCUT2D eigenvalue weighted by Gasteiger charge is -2.27. The minimum Gasteiger partial charge on any atom is -0.744 e. The highest BCUT2D eigenvalue weighted by Crippen LogP contribution is 2.42. The monoisotopic (exact) mass is 701 g/mol. The van der Waals surface area contributed by atoms with E-state index in [-0.39, 0.29) is 52.8 Å². The molecule has 51 heavy (non-hydrogen) atoms. The molecule has 5 N–H and O–H groups in total. The Morgan fingerprint density at radius 3 is 1.55 bits per heavy atom. The molecule has 0 saturated carbocycles. The Balaban J connectivity index is 1.50. The molecule has 0 atom stereocenters. The summed E-state index contributed by atoms with van der Waals surface area (Å²) < 4.78 is 37.4. The molecule has 1 aliphatic rings. The maximum atomic E-state index is 14.0. The lowest BCUT2D eigenvalue weighted by molar-refractivity contribution is 0.0943. The Morgan fingerprint density at radius 2 is 1.10 bits per heavy atom. The first-order chi connectivity index (χ1) is 24.3. The molecule has 0 saturated heterocycles. The van der Waals surface area contributed by atoms with E-state index in [1.165, 1.54) is 12.1 Å². The van der Waals surface area contributed by atoms with Gasteiger partial charge in [0.2, 0.25) is 0 Å². The number of nitrogen functional groups attached to an aromatic ring is 1. The fraction of sp³-hybridized carbons (Fsp3) is 0.128. The molecule has 0 heterocycles. The molecule has 2 amide bonds. The Hall–Kier alpha value is -6.11. The quantitative estimate of drug-likeness (QED) is 0.112. The Labute approximate surface area is 294 Å². The number of carbonyl (C=O) groups is 4. The summed E-state index contributed by atoms with van der Waals surface area (Å²) in [6.07, 6.45) is 0. The number of nitrogens with two attached hydrogens (primary N) is 1. The largest absolute Gasteiger partial charge is 0.744 e. The van der Waals surface area contributed by atoms with Gasteiger partial charge in [-0.3, -0.25) is 19.2 Å². The predicted molar refractivity (Wildman–Crippen MR) is 191 cm³/mol. The number of benzene rings is 5. The topological polar surface area (TPSA) is 188 Å². The number of ketones is 2. The van der Waals surface area contributed by atoms with Crippen molar-refractivity contribution in [3.63, 3.8) is 0 Å². The summed E-state index contributed by atoms with van der Waals surface area (Å²) in [6, 6.07) is 24.4. The van der Waals surface area contributed by atoms with E-state index in [1.807, 2.05) is 6.92 Å². The van der Waals surface area contributed by atoms with E-state index in [9.17, 15) is 32.1 Å². The summed E-state index contributed by atoms with van der Waals surface area (Å²) in [6.45, 7) is 5.59. The number of carbonyl (C=O) groups excluding carboxylic acids is 4. The summed E-state index contributed by atoms with van der Waals surface area (Å²) in [4.78, 5) is 53.0. The van der Waals surface area contributed by atoms with Gasteiger partial charge in [0.25, 0.3) is 11.8 Å². The van der Waals surface area contributed by atoms with Crippen molar-refractivity contribution in [3.8, 4) is 0 Å². The number of amides is 2. The molecule has 0 unspecified atom stereocenters. The highest BCUT2D eigenvalue weighted by molar-refractivity contribution is 7.86. The molecule has 0 radical (unpaired) electrons.